The Kier molecular flexibility index (Phi) is 3.60. The molecule has 0 aliphatic heterocycles. The van der Waals surface area contributed by atoms with Crippen LogP contribution in [-0.4, -0.2) is 16.9 Å². The van der Waals surface area contributed by atoms with Crippen molar-refractivity contribution < 1.29 is 4.79 Å². The fraction of sp³-hybridized carbons (Fsp3) is 0.294. The minimum Gasteiger partial charge on any atom is -0.381 e. The van der Waals surface area contributed by atoms with Gasteiger partial charge in [0, 0.05) is 11.6 Å². The van der Waals surface area contributed by atoms with Gasteiger partial charge in [0.1, 0.15) is 5.82 Å². The van der Waals surface area contributed by atoms with E-state index in [1.54, 1.807) is 6.20 Å². The van der Waals surface area contributed by atoms with Crippen LogP contribution in [0.5, 0.6) is 0 Å². The van der Waals surface area contributed by atoms with Crippen molar-refractivity contribution in [1.82, 2.24) is 4.98 Å². The van der Waals surface area contributed by atoms with Crippen LogP contribution < -0.4 is 10.6 Å². The number of hydrogen-bond donors (Lipinski definition) is 2. The zero-order valence-electron chi connectivity index (χ0n) is 12.3. The molecule has 1 fully saturated rings. The second kappa shape index (κ2) is 5.56. The first-order chi connectivity index (χ1) is 10.1. The lowest BCUT2D eigenvalue weighted by Crippen LogP contribution is -2.13. The molecule has 0 atom stereocenters. The fourth-order valence-electron chi connectivity index (χ4n) is 2.09. The van der Waals surface area contributed by atoms with Crippen LogP contribution in [-0.2, 0) is 0 Å². The van der Waals surface area contributed by atoms with Crippen molar-refractivity contribution in [2.45, 2.75) is 32.7 Å². The number of anilines is 2. The van der Waals surface area contributed by atoms with E-state index in [-0.39, 0.29) is 5.91 Å². The summed E-state index contributed by atoms with van der Waals surface area (Å²) >= 11 is 0. The average Bonchev–Trinajstić information content (AvgIpc) is 3.28. The van der Waals surface area contributed by atoms with Crippen LogP contribution in [0, 0.1) is 13.8 Å². The molecule has 21 heavy (non-hydrogen) atoms. The van der Waals surface area contributed by atoms with Gasteiger partial charge < -0.3 is 10.6 Å². The molecule has 2 N–H and O–H groups in total. The Balaban J connectivity index is 1.67. The van der Waals surface area contributed by atoms with Crippen molar-refractivity contribution in [1.29, 1.82) is 0 Å². The van der Waals surface area contributed by atoms with Crippen LogP contribution in [0.2, 0.25) is 0 Å². The number of aromatic nitrogens is 1. The maximum absolute atomic E-state index is 12.2. The quantitative estimate of drug-likeness (QED) is 0.901. The van der Waals surface area contributed by atoms with E-state index in [0.29, 0.717) is 17.4 Å². The Labute approximate surface area is 124 Å². The van der Waals surface area contributed by atoms with E-state index >= 15 is 0 Å². The number of carbonyl (C=O) groups is 1. The first-order valence-corrected chi connectivity index (χ1v) is 7.23. The van der Waals surface area contributed by atoms with Gasteiger partial charge in [-0.2, -0.15) is 0 Å². The Morgan fingerprint density at radius 3 is 2.57 bits per heavy atom. The summed E-state index contributed by atoms with van der Waals surface area (Å²) in [5.74, 6) is 0.438. The minimum absolute atomic E-state index is 0.131. The van der Waals surface area contributed by atoms with E-state index in [1.165, 1.54) is 18.4 Å². The lowest BCUT2D eigenvalue weighted by Gasteiger charge is -2.08. The SMILES string of the molecule is Cc1ccc(C(=O)Nc2ccc(NC3CC3)cn2)cc1C. The summed E-state index contributed by atoms with van der Waals surface area (Å²) in [4.78, 5) is 16.5. The molecular weight excluding hydrogens is 262 g/mol. The van der Waals surface area contributed by atoms with E-state index in [4.69, 9.17) is 0 Å². The van der Waals surface area contributed by atoms with E-state index in [0.717, 1.165) is 11.3 Å². The average molecular weight is 281 g/mol. The van der Waals surface area contributed by atoms with E-state index < -0.39 is 0 Å². The molecular formula is C17H19N3O. The summed E-state index contributed by atoms with van der Waals surface area (Å²) in [7, 11) is 0. The highest BCUT2D eigenvalue weighted by molar-refractivity contribution is 6.03. The molecule has 1 saturated carbocycles. The van der Waals surface area contributed by atoms with Crippen LogP contribution in [0.3, 0.4) is 0 Å². The number of rotatable bonds is 4. The summed E-state index contributed by atoms with van der Waals surface area (Å²) < 4.78 is 0. The number of amides is 1. The third-order valence-corrected chi connectivity index (χ3v) is 3.72. The smallest absolute Gasteiger partial charge is 0.256 e. The van der Waals surface area contributed by atoms with Gasteiger partial charge in [-0.05, 0) is 62.1 Å². The van der Waals surface area contributed by atoms with Gasteiger partial charge in [-0.15, -0.1) is 0 Å². The molecule has 1 aliphatic carbocycles. The number of carbonyl (C=O) groups excluding carboxylic acids is 1. The van der Waals surface area contributed by atoms with Gasteiger partial charge in [0.25, 0.3) is 5.91 Å². The van der Waals surface area contributed by atoms with Crippen molar-refractivity contribution in [3.05, 3.63) is 53.2 Å². The normalized spacial score (nSPS) is 13.8. The van der Waals surface area contributed by atoms with Gasteiger partial charge in [0.2, 0.25) is 0 Å². The highest BCUT2D eigenvalue weighted by atomic mass is 16.1. The molecule has 4 heteroatoms. The van der Waals surface area contributed by atoms with Crippen molar-refractivity contribution in [3.8, 4) is 0 Å². The Bertz CT molecular complexity index is 660. The Morgan fingerprint density at radius 1 is 1.14 bits per heavy atom. The largest absolute Gasteiger partial charge is 0.381 e. The summed E-state index contributed by atoms with van der Waals surface area (Å²) in [6, 6.07) is 10.1. The fourth-order valence-corrected chi connectivity index (χ4v) is 2.09. The molecule has 3 rings (SSSR count). The maximum atomic E-state index is 12.2. The Hall–Kier alpha value is -2.36. The molecule has 0 radical (unpaired) electrons. The lowest BCUT2D eigenvalue weighted by molar-refractivity contribution is 0.102. The third-order valence-electron chi connectivity index (χ3n) is 3.72. The number of nitrogens with one attached hydrogen (secondary N) is 2. The molecule has 0 spiro atoms. The number of benzene rings is 1. The van der Waals surface area contributed by atoms with Crippen LogP contribution in [0.4, 0.5) is 11.5 Å². The topological polar surface area (TPSA) is 54.0 Å². The Morgan fingerprint density at radius 2 is 1.95 bits per heavy atom. The molecule has 0 bridgehead atoms. The van der Waals surface area contributed by atoms with Gasteiger partial charge in [0.15, 0.2) is 0 Å². The molecule has 1 heterocycles. The van der Waals surface area contributed by atoms with Crippen LogP contribution in [0.15, 0.2) is 36.5 Å². The van der Waals surface area contributed by atoms with Gasteiger partial charge in [-0.1, -0.05) is 6.07 Å². The highest BCUT2D eigenvalue weighted by Gasteiger charge is 2.20. The summed E-state index contributed by atoms with van der Waals surface area (Å²) in [6.45, 7) is 4.03. The predicted molar refractivity (Wildman–Crippen MR) is 84.8 cm³/mol. The second-order valence-corrected chi connectivity index (χ2v) is 5.60. The monoisotopic (exact) mass is 281 g/mol. The van der Waals surface area contributed by atoms with Crippen LogP contribution in [0.25, 0.3) is 0 Å². The molecule has 0 saturated heterocycles. The number of nitrogens with zero attached hydrogens (tertiary/aromatic N) is 1. The van der Waals surface area contributed by atoms with Crippen molar-refractivity contribution in [2.75, 3.05) is 10.6 Å². The van der Waals surface area contributed by atoms with Gasteiger partial charge in [0.05, 0.1) is 11.9 Å². The summed E-state index contributed by atoms with van der Waals surface area (Å²) in [5, 5.41) is 6.19. The molecule has 0 unspecified atom stereocenters. The standard InChI is InChI=1S/C17H19N3O/c1-11-3-4-13(9-12(11)2)17(21)20-16-8-7-15(10-18-16)19-14-5-6-14/h3-4,7-10,14,19H,5-6H2,1-2H3,(H,18,20,21). The van der Waals surface area contributed by atoms with Crippen LogP contribution >= 0.6 is 0 Å². The summed E-state index contributed by atoms with van der Waals surface area (Å²) in [5.41, 5.74) is 3.95. The lowest BCUT2D eigenvalue weighted by atomic mass is 10.1. The van der Waals surface area contributed by atoms with E-state index in [1.807, 2.05) is 44.2 Å². The molecule has 1 aromatic carbocycles. The molecule has 1 aromatic heterocycles. The molecule has 1 aliphatic rings. The second-order valence-electron chi connectivity index (χ2n) is 5.60. The van der Waals surface area contributed by atoms with Gasteiger partial charge in [-0.25, -0.2) is 4.98 Å². The summed E-state index contributed by atoms with van der Waals surface area (Å²) in [6.07, 6.45) is 4.21. The van der Waals surface area contributed by atoms with Crippen molar-refractivity contribution in [3.63, 3.8) is 0 Å². The third kappa shape index (κ3) is 3.40. The molecule has 108 valence electrons. The van der Waals surface area contributed by atoms with Gasteiger partial charge >= 0.3 is 0 Å². The predicted octanol–water partition coefficient (Wildman–Crippen LogP) is 3.53. The minimum atomic E-state index is -0.131. The van der Waals surface area contributed by atoms with E-state index in [2.05, 4.69) is 15.6 Å². The first-order valence-electron chi connectivity index (χ1n) is 7.23. The molecule has 1 amide bonds. The number of hydrogen-bond acceptors (Lipinski definition) is 3. The van der Waals surface area contributed by atoms with Crippen molar-refractivity contribution in [2.24, 2.45) is 0 Å². The zero-order valence-corrected chi connectivity index (χ0v) is 12.3. The van der Waals surface area contributed by atoms with E-state index in [9.17, 15) is 4.79 Å². The van der Waals surface area contributed by atoms with Crippen molar-refractivity contribution >= 4 is 17.4 Å². The zero-order chi connectivity index (χ0) is 14.8. The maximum Gasteiger partial charge on any atom is 0.256 e. The number of aryl methyl sites for hydroxylation is 2. The van der Waals surface area contributed by atoms with Crippen LogP contribution in [0.1, 0.15) is 34.3 Å². The molecule has 2 aromatic rings. The molecule has 4 nitrogen and oxygen atoms in total. The highest BCUT2D eigenvalue weighted by Crippen LogP contribution is 2.24. The number of pyridine rings is 1. The first kappa shape index (κ1) is 13.6. The van der Waals surface area contributed by atoms with Gasteiger partial charge in [-0.3, -0.25) is 4.79 Å².